The van der Waals surface area contributed by atoms with E-state index in [4.69, 9.17) is 4.74 Å². The number of ether oxygens (including phenoxy) is 2. The number of carbonyl (C=O) groups is 2. The Morgan fingerprint density at radius 2 is 1.91 bits per heavy atom. The van der Waals surface area contributed by atoms with E-state index in [-0.39, 0.29) is 17.9 Å². The Bertz CT molecular complexity index is 550. The van der Waals surface area contributed by atoms with Gasteiger partial charge in [0.25, 0.3) is 0 Å². The van der Waals surface area contributed by atoms with Crippen LogP contribution in [0.4, 0.5) is 4.79 Å². The fourth-order valence-electron chi connectivity index (χ4n) is 1.91. The van der Waals surface area contributed by atoms with E-state index in [1.54, 1.807) is 6.07 Å². The van der Waals surface area contributed by atoms with Crippen LogP contribution in [-0.2, 0) is 26.3 Å². The van der Waals surface area contributed by atoms with Crippen LogP contribution < -0.4 is 5.32 Å². The van der Waals surface area contributed by atoms with E-state index in [0.29, 0.717) is 5.69 Å². The molecule has 1 atom stereocenters. The molecule has 1 aromatic rings. The van der Waals surface area contributed by atoms with Crippen LogP contribution in [0.25, 0.3) is 0 Å². The number of amides is 1. The number of hydrogen-bond acceptors (Lipinski definition) is 5. The Morgan fingerprint density at radius 1 is 1.26 bits per heavy atom. The van der Waals surface area contributed by atoms with Crippen molar-refractivity contribution in [1.29, 1.82) is 0 Å². The summed E-state index contributed by atoms with van der Waals surface area (Å²) in [5.74, 6) is -0.595. The second-order valence-corrected chi connectivity index (χ2v) is 6.73. The van der Waals surface area contributed by atoms with Gasteiger partial charge >= 0.3 is 12.1 Å². The zero-order valence-electron chi connectivity index (χ0n) is 14.7. The standard InChI is InChI=1S/C17H26N2O4/c1-11(2)14(15(20)22-6)19-16(21)23-10-12-8-7-9-13(18-12)17(3,4)5/h7-9,11,14H,10H2,1-6H3,(H,19,21)/t14-/m0/s1. The summed E-state index contributed by atoms with van der Waals surface area (Å²) in [6.07, 6.45) is -0.669. The molecule has 0 bridgehead atoms. The van der Waals surface area contributed by atoms with Gasteiger partial charge in [0.05, 0.1) is 12.8 Å². The molecule has 0 aliphatic heterocycles. The van der Waals surface area contributed by atoms with Crippen molar-refractivity contribution in [2.45, 2.75) is 52.7 Å². The molecule has 0 saturated carbocycles. The molecule has 1 amide bonds. The molecule has 0 aliphatic carbocycles. The lowest BCUT2D eigenvalue weighted by Gasteiger charge is -2.20. The van der Waals surface area contributed by atoms with Gasteiger partial charge in [-0.05, 0) is 18.1 Å². The molecular formula is C17H26N2O4. The lowest BCUT2D eigenvalue weighted by molar-refractivity contribution is -0.144. The third kappa shape index (κ3) is 5.88. The molecule has 0 aliphatic rings. The lowest BCUT2D eigenvalue weighted by Crippen LogP contribution is -2.45. The van der Waals surface area contributed by atoms with Crippen LogP contribution in [0.2, 0.25) is 0 Å². The highest BCUT2D eigenvalue weighted by Crippen LogP contribution is 2.20. The number of nitrogens with one attached hydrogen (secondary N) is 1. The maximum absolute atomic E-state index is 11.9. The van der Waals surface area contributed by atoms with Crippen molar-refractivity contribution >= 4 is 12.1 Å². The molecule has 1 N–H and O–H groups in total. The highest BCUT2D eigenvalue weighted by atomic mass is 16.6. The number of nitrogens with zero attached hydrogens (tertiary/aromatic N) is 1. The first-order chi connectivity index (χ1) is 10.6. The molecule has 0 fully saturated rings. The molecule has 0 unspecified atom stereocenters. The van der Waals surface area contributed by atoms with Crippen molar-refractivity contribution in [3.8, 4) is 0 Å². The smallest absolute Gasteiger partial charge is 0.408 e. The monoisotopic (exact) mass is 322 g/mol. The lowest BCUT2D eigenvalue weighted by atomic mass is 9.91. The van der Waals surface area contributed by atoms with E-state index in [2.05, 4.69) is 35.8 Å². The third-order valence-electron chi connectivity index (χ3n) is 3.32. The van der Waals surface area contributed by atoms with Crippen molar-refractivity contribution in [1.82, 2.24) is 10.3 Å². The van der Waals surface area contributed by atoms with Crippen LogP contribution in [0.5, 0.6) is 0 Å². The normalized spacial score (nSPS) is 12.7. The van der Waals surface area contributed by atoms with Crippen LogP contribution in [0.3, 0.4) is 0 Å². The van der Waals surface area contributed by atoms with Crippen LogP contribution >= 0.6 is 0 Å². The van der Waals surface area contributed by atoms with Crippen LogP contribution in [0.1, 0.15) is 46.0 Å². The van der Waals surface area contributed by atoms with E-state index in [1.807, 2.05) is 26.0 Å². The van der Waals surface area contributed by atoms with E-state index < -0.39 is 18.1 Å². The fraction of sp³-hybridized carbons (Fsp3) is 0.588. The minimum atomic E-state index is -0.735. The Labute approximate surface area is 137 Å². The largest absolute Gasteiger partial charge is 0.467 e. The molecule has 1 aromatic heterocycles. The maximum Gasteiger partial charge on any atom is 0.408 e. The van der Waals surface area contributed by atoms with Crippen molar-refractivity contribution in [2.24, 2.45) is 5.92 Å². The zero-order chi connectivity index (χ0) is 17.6. The average molecular weight is 322 g/mol. The van der Waals surface area contributed by atoms with Gasteiger partial charge in [-0.1, -0.05) is 40.7 Å². The van der Waals surface area contributed by atoms with Gasteiger partial charge in [-0.2, -0.15) is 0 Å². The van der Waals surface area contributed by atoms with Crippen molar-refractivity contribution in [3.05, 3.63) is 29.6 Å². The molecule has 1 rings (SSSR count). The summed E-state index contributed by atoms with van der Waals surface area (Å²) in [4.78, 5) is 28.0. The van der Waals surface area contributed by atoms with E-state index in [1.165, 1.54) is 7.11 Å². The van der Waals surface area contributed by atoms with E-state index >= 15 is 0 Å². The minimum absolute atomic E-state index is 0.0434. The van der Waals surface area contributed by atoms with Crippen molar-refractivity contribution in [3.63, 3.8) is 0 Å². The predicted molar refractivity (Wildman–Crippen MR) is 86.9 cm³/mol. The first-order valence-electron chi connectivity index (χ1n) is 7.62. The minimum Gasteiger partial charge on any atom is -0.467 e. The number of rotatable bonds is 5. The number of hydrogen-bond donors (Lipinski definition) is 1. The highest BCUT2D eigenvalue weighted by Gasteiger charge is 2.25. The van der Waals surface area contributed by atoms with Gasteiger partial charge in [0, 0.05) is 11.1 Å². The quantitative estimate of drug-likeness (QED) is 0.843. The summed E-state index contributed by atoms with van der Waals surface area (Å²) in [7, 11) is 1.28. The first kappa shape index (κ1) is 18.9. The van der Waals surface area contributed by atoms with E-state index in [0.717, 1.165) is 5.69 Å². The summed E-state index contributed by atoms with van der Waals surface area (Å²) >= 11 is 0. The summed E-state index contributed by atoms with van der Waals surface area (Å²) in [5.41, 5.74) is 1.51. The molecule has 0 saturated heterocycles. The average Bonchev–Trinajstić information content (AvgIpc) is 2.49. The number of esters is 1. The second-order valence-electron chi connectivity index (χ2n) is 6.73. The van der Waals surface area contributed by atoms with Crippen LogP contribution in [-0.4, -0.2) is 30.2 Å². The molecule has 6 nitrogen and oxygen atoms in total. The van der Waals surface area contributed by atoms with Crippen LogP contribution in [0, 0.1) is 5.92 Å². The van der Waals surface area contributed by atoms with Gasteiger partial charge < -0.3 is 14.8 Å². The van der Waals surface area contributed by atoms with Crippen LogP contribution in [0.15, 0.2) is 18.2 Å². The molecular weight excluding hydrogens is 296 g/mol. The summed E-state index contributed by atoms with van der Waals surface area (Å²) in [6, 6.07) is 4.88. The highest BCUT2D eigenvalue weighted by molar-refractivity contribution is 5.81. The second kappa shape index (κ2) is 7.94. The number of alkyl carbamates (subject to hydrolysis) is 1. The molecule has 6 heteroatoms. The van der Waals surface area contributed by atoms with Gasteiger partial charge in [0.1, 0.15) is 12.6 Å². The number of methoxy groups -OCH3 is 1. The number of carbonyl (C=O) groups excluding carboxylic acids is 2. The van der Waals surface area contributed by atoms with Gasteiger partial charge in [0.15, 0.2) is 0 Å². The SMILES string of the molecule is COC(=O)[C@@H](NC(=O)OCc1cccc(C(C)(C)C)n1)C(C)C. The molecule has 128 valence electrons. The number of aromatic nitrogens is 1. The topological polar surface area (TPSA) is 77.5 Å². The third-order valence-corrected chi connectivity index (χ3v) is 3.32. The molecule has 23 heavy (non-hydrogen) atoms. The van der Waals surface area contributed by atoms with Gasteiger partial charge in [0.2, 0.25) is 0 Å². The van der Waals surface area contributed by atoms with E-state index in [9.17, 15) is 9.59 Å². The first-order valence-corrected chi connectivity index (χ1v) is 7.62. The Morgan fingerprint density at radius 3 is 2.43 bits per heavy atom. The zero-order valence-corrected chi connectivity index (χ0v) is 14.7. The Hall–Kier alpha value is -2.11. The molecule has 0 aromatic carbocycles. The maximum atomic E-state index is 11.9. The summed E-state index contributed by atoms with van der Waals surface area (Å²) in [6.45, 7) is 9.87. The molecule has 0 spiro atoms. The molecule has 0 radical (unpaired) electrons. The molecule has 1 heterocycles. The van der Waals surface area contributed by atoms with Gasteiger partial charge in [-0.3, -0.25) is 4.98 Å². The van der Waals surface area contributed by atoms with Crippen molar-refractivity contribution < 1.29 is 19.1 Å². The van der Waals surface area contributed by atoms with Gasteiger partial charge in [-0.25, -0.2) is 9.59 Å². The number of pyridine rings is 1. The van der Waals surface area contributed by atoms with Crippen molar-refractivity contribution in [2.75, 3.05) is 7.11 Å². The predicted octanol–water partition coefficient (Wildman–Crippen LogP) is 2.80. The fourth-order valence-corrected chi connectivity index (χ4v) is 1.91. The Balaban J connectivity index is 2.64. The summed E-state index contributed by atoms with van der Waals surface area (Å²) < 4.78 is 9.82. The Kier molecular flexibility index (Phi) is 6.54. The van der Waals surface area contributed by atoms with Gasteiger partial charge in [-0.15, -0.1) is 0 Å². The summed E-state index contributed by atoms with van der Waals surface area (Å²) in [5, 5.41) is 2.52.